The van der Waals surface area contributed by atoms with Gasteiger partial charge in [-0.25, -0.2) is 9.97 Å². The molecule has 0 saturated carbocycles. The summed E-state index contributed by atoms with van der Waals surface area (Å²) in [4.78, 5) is 8.65. The monoisotopic (exact) mass is 277 g/mol. The van der Waals surface area contributed by atoms with Crippen molar-refractivity contribution >= 4 is 15.9 Å². The van der Waals surface area contributed by atoms with Crippen molar-refractivity contribution in [1.29, 1.82) is 0 Å². The zero-order valence-electron chi connectivity index (χ0n) is 8.94. The van der Waals surface area contributed by atoms with Crippen LogP contribution in [0.15, 0.2) is 34.8 Å². The van der Waals surface area contributed by atoms with E-state index >= 15 is 0 Å². The van der Waals surface area contributed by atoms with E-state index in [0.29, 0.717) is 12.4 Å². The van der Waals surface area contributed by atoms with Gasteiger partial charge in [0.05, 0.1) is 12.2 Å². The van der Waals surface area contributed by atoms with E-state index in [1.165, 1.54) is 0 Å². The lowest BCUT2D eigenvalue weighted by Gasteiger charge is -2.04. The van der Waals surface area contributed by atoms with Gasteiger partial charge in [-0.3, -0.25) is 0 Å². The van der Waals surface area contributed by atoms with Crippen LogP contribution in [-0.2, 0) is 6.54 Å². The average molecular weight is 278 g/mol. The van der Waals surface area contributed by atoms with Crippen LogP contribution in [0.3, 0.4) is 0 Å². The summed E-state index contributed by atoms with van der Waals surface area (Å²) in [7, 11) is 0. The molecule has 1 aromatic carbocycles. The molecular formula is C12H12BrN3. The summed E-state index contributed by atoms with van der Waals surface area (Å²) < 4.78 is 1.06. The van der Waals surface area contributed by atoms with Crippen molar-refractivity contribution in [3.63, 3.8) is 0 Å². The van der Waals surface area contributed by atoms with E-state index in [9.17, 15) is 0 Å². The molecule has 82 valence electrons. The number of benzene rings is 1. The molecule has 0 radical (unpaired) electrons. The Labute approximate surface area is 103 Å². The highest BCUT2D eigenvalue weighted by atomic mass is 79.9. The Morgan fingerprint density at radius 3 is 2.50 bits per heavy atom. The molecule has 0 atom stereocenters. The first-order valence-corrected chi connectivity index (χ1v) is 5.79. The lowest BCUT2D eigenvalue weighted by molar-refractivity contribution is 0.894. The molecule has 0 spiro atoms. The van der Waals surface area contributed by atoms with Crippen molar-refractivity contribution < 1.29 is 0 Å². The zero-order valence-corrected chi connectivity index (χ0v) is 10.5. The van der Waals surface area contributed by atoms with Gasteiger partial charge in [-0.05, 0) is 25.1 Å². The molecule has 0 bridgehead atoms. The quantitative estimate of drug-likeness (QED) is 0.918. The Bertz CT molecular complexity index is 494. The van der Waals surface area contributed by atoms with E-state index in [-0.39, 0.29) is 0 Å². The van der Waals surface area contributed by atoms with Crippen molar-refractivity contribution in [2.45, 2.75) is 13.5 Å². The third kappa shape index (κ3) is 2.46. The van der Waals surface area contributed by atoms with E-state index in [1.807, 2.05) is 37.3 Å². The van der Waals surface area contributed by atoms with Crippen LogP contribution in [0.4, 0.5) is 0 Å². The summed E-state index contributed by atoms with van der Waals surface area (Å²) in [6, 6.07) is 9.99. The van der Waals surface area contributed by atoms with Gasteiger partial charge in [-0.15, -0.1) is 0 Å². The molecule has 0 amide bonds. The van der Waals surface area contributed by atoms with Crippen LogP contribution >= 0.6 is 15.9 Å². The van der Waals surface area contributed by atoms with Crippen molar-refractivity contribution in [3.8, 4) is 11.3 Å². The second kappa shape index (κ2) is 4.72. The lowest BCUT2D eigenvalue weighted by Crippen LogP contribution is -2.04. The SMILES string of the molecule is Cc1cc(-c2ccc(Br)cc2)nc(CN)n1. The summed E-state index contributed by atoms with van der Waals surface area (Å²) in [6.07, 6.45) is 0. The van der Waals surface area contributed by atoms with Crippen molar-refractivity contribution in [1.82, 2.24) is 9.97 Å². The van der Waals surface area contributed by atoms with E-state index in [2.05, 4.69) is 25.9 Å². The molecule has 1 heterocycles. The molecule has 3 nitrogen and oxygen atoms in total. The highest BCUT2D eigenvalue weighted by Crippen LogP contribution is 2.20. The molecule has 4 heteroatoms. The minimum absolute atomic E-state index is 0.366. The third-order valence-electron chi connectivity index (χ3n) is 2.22. The molecule has 0 aliphatic heterocycles. The van der Waals surface area contributed by atoms with Crippen molar-refractivity contribution in [3.05, 3.63) is 46.3 Å². The number of rotatable bonds is 2. The molecule has 0 saturated heterocycles. The van der Waals surface area contributed by atoms with Gasteiger partial charge in [0.15, 0.2) is 0 Å². The largest absolute Gasteiger partial charge is 0.324 e. The fourth-order valence-corrected chi connectivity index (χ4v) is 1.75. The lowest BCUT2D eigenvalue weighted by atomic mass is 10.1. The Morgan fingerprint density at radius 1 is 1.19 bits per heavy atom. The Morgan fingerprint density at radius 2 is 1.88 bits per heavy atom. The Hall–Kier alpha value is -1.26. The maximum absolute atomic E-state index is 5.56. The standard InChI is InChI=1S/C12H12BrN3/c1-8-6-11(16-12(7-14)15-8)9-2-4-10(13)5-3-9/h2-6H,7,14H2,1H3. The molecule has 2 rings (SSSR count). The normalized spacial score (nSPS) is 10.4. The first-order valence-electron chi connectivity index (χ1n) is 4.99. The molecule has 0 aliphatic rings. The van der Waals surface area contributed by atoms with Crippen LogP contribution in [0.5, 0.6) is 0 Å². The first kappa shape index (κ1) is 11.2. The molecule has 16 heavy (non-hydrogen) atoms. The Kier molecular flexibility index (Phi) is 3.31. The van der Waals surface area contributed by atoms with Crippen LogP contribution in [0, 0.1) is 6.92 Å². The molecule has 2 N–H and O–H groups in total. The zero-order chi connectivity index (χ0) is 11.5. The van der Waals surface area contributed by atoms with Crippen molar-refractivity contribution in [2.24, 2.45) is 5.73 Å². The maximum Gasteiger partial charge on any atom is 0.142 e. The predicted octanol–water partition coefficient (Wildman–Crippen LogP) is 2.67. The van der Waals surface area contributed by atoms with Crippen molar-refractivity contribution in [2.75, 3.05) is 0 Å². The second-order valence-electron chi connectivity index (χ2n) is 3.52. The number of halogens is 1. The molecule has 1 aromatic heterocycles. The molecule has 2 aromatic rings. The number of nitrogens with two attached hydrogens (primary N) is 1. The van der Waals surface area contributed by atoms with E-state index in [4.69, 9.17) is 5.73 Å². The number of nitrogens with zero attached hydrogens (tertiary/aromatic N) is 2. The number of hydrogen-bond donors (Lipinski definition) is 1. The molecule has 0 aliphatic carbocycles. The van der Waals surface area contributed by atoms with E-state index in [0.717, 1.165) is 21.4 Å². The topological polar surface area (TPSA) is 51.8 Å². The van der Waals surface area contributed by atoms with Crippen LogP contribution in [-0.4, -0.2) is 9.97 Å². The summed E-state index contributed by atoms with van der Waals surface area (Å²) >= 11 is 3.41. The summed E-state index contributed by atoms with van der Waals surface area (Å²) in [5, 5.41) is 0. The number of aryl methyl sites for hydroxylation is 1. The third-order valence-corrected chi connectivity index (χ3v) is 2.75. The van der Waals surface area contributed by atoms with Gasteiger partial charge >= 0.3 is 0 Å². The fourth-order valence-electron chi connectivity index (χ4n) is 1.49. The molecule has 0 unspecified atom stereocenters. The summed E-state index contributed by atoms with van der Waals surface area (Å²) in [5.41, 5.74) is 8.49. The van der Waals surface area contributed by atoms with E-state index in [1.54, 1.807) is 0 Å². The number of hydrogen-bond acceptors (Lipinski definition) is 3. The van der Waals surface area contributed by atoms with Gasteiger partial charge in [-0.2, -0.15) is 0 Å². The number of aromatic nitrogens is 2. The van der Waals surface area contributed by atoms with E-state index < -0.39 is 0 Å². The predicted molar refractivity (Wildman–Crippen MR) is 67.8 cm³/mol. The smallest absolute Gasteiger partial charge is 0.142 e. The summed E-state index contributed by atoms with van der Waals surface area (Å²) in [6.45, 7) is 2.31. The Balaban J connectivity index is 2.47. The van der Waals surface area contributed by atoms with Crippen LogP contribution in [0.1, 0.15) is 11.5 Å². The maximum atomic E-state index is 5.56. The molecule has 0 fully saturated rings. The fraction of sp³-hybridized carbons (Fsp3) is 0.167. The first-order chi connectivity index (χ1) is 7.69. The van der Waals surface area contributed by atoms with Gasteiger partial charge in [0, 0.05) is 15.7 Å². The minimum atomic E-state index is 0.366. The van der Waals surface area contributed by atoms with Crippen LogP contribution in [0.2, 0.25) is 0 Å². The highest BCUT2D eigenvalue weighted by Gasteiger charge is 2.03. The minimum Gasteiger partial charge on any atom is -0.324 e. The van der Waals surface area contributed by atoms with Crippen LogP contribution in [0.25, 0.3) is 11.3 Å². The van der Waals surface area contributed by atoms with Gasteiger partial charge in [-0.1, -0.05) is 28.1 Å². The average Bonchev–Trinajstić information content (AvgIpc) is 2.29. The van der Waals surface area contributed by atoms with Gasteiger partial charge in [0.2, 0.25) is 0 Å². The van der Waals surface area contributed by atoms with Gasteiger partial charge in [0.1, 0.15) is 5.82 Å². The van der Waals surface area contributed by atoms with Gasteiger partial charge < -0.3 is 5.73 Å². The highest BCUT2D eigenvalue weighted by molar-refractivity contribution is 9.10. The molecular weight excluding hydrogens is 266 g/mol. The van der Waals surface area contributed by atoms with Crippen LogP contribution < -0.4 is 5.73 Å². The second-order valence-corrected chi connectivity index (χ2v) is 4.44. The summed E-state index contributed by atoms with van der Waals surface area (Å²) in [5.74, 6) is 0.679. The van der Waals surface area contributed by atoms with Gasteiger partial charge in [0.25, 0.3) is 0 Å².